The molecule has 4 rings (SSSR count). The number of aryl methyl sites for hydroxylation is 1. The van der Waals surface area contributed by atoms with Crippen molar-refractivity contribution in [3.63, 3.8) is 0 Å². The summed E-state index contributed by atoms with van der Waals surface area (Å²) in [5.41, 5.74) is 3.76. The van der Waals surface area contributed by atoms with Gasteiger partial charge in [-0.15, -0.1) is 0 Å². The van der Waals surface area contributed by atoms with Crippen molar-refractivity contribution in [2.75, 3.05) is 18.0 Å². The molecule has 0 aliphatic carbocycles. The first kappa shape index (κ1) is 20.9. The second-order valence-corrected chi connectivity index (χ2v) is 8.70. The van der Waals surface area contributed by atoms with Gasteiger partial charge in [0.05, 0.1) is 11.2 Å². The van der Waals surface area contributed by atoms with Gasteiger partial charge in [0.15, 0.2) is 0 Å². The van der Waals surface area contributed by atoms with Crippen molar-refractivity contribution in [3.8, 4) is 11.8 Å². The van der Waals surface area contributed by atoms with Crippen molar-refractivity contribution in [1.82, 2.24) is 9.55 Å². The number of hydrogen-bond donors (Lipinski definition) is 0. The number of hydrogen-bond acceptors (Lipinski definition) is 5. The van der Waals surface area contributed by atoms with E-state index in [9.17, 15) is 10.1 Å². The van der Waals surface area contributed by atoms with Crippen LogP contribution in [0.15, 0.2) is 47.3 Å². The minimum Gasteiger partial charge on any atom is -0.490 e. The molecule has 1 fully saturated rings. The molecule has 0 radical (unpaired) electrons. The molecule has 6 nitrogen and oxygen atoms in total. The first-order valence-corrected chi connectivity index (χ1v) is 10.8. The van der Waals surface area contributed by atoms with Gasteiger partial charge in [-0.05, 0) is 35.7 Å². The second-order valence-electron chi connectivity index (χ2n) is 8.70. The van der Waals surface area contributed by atoms with E-state index in [1.807, 2.05) is 6.07 Å². The highest BCUT2D eigenvalue weighted by Gasteiger charge is 2.29. The van der Waals surface area contributed by atoms with Gasteiger partial charge in [0.1, 0.15) is 29.1 Å². The molecule has 0 N–H and O–H groups in total. The number of benzene rings is 1. The van der Waals surface area contributed by atoms with Gasteiger partial charge in [0.2, 0.25) is 0 Å². The first-order chi connectivity index (χ1) is 14.9. The fraction of sp³-hybridized carbons (Fsp3) is 0.400. The largest absolute Gasteiger partial charge is 0.490 e. The van der Waals surface area contributed by atoms with Crippen LogP contribution in [0.1, 0.15) is 44.4 Å². The standard InChI is InChI=1S/C25H28N4O2/c1-16(2)18-6-5-7-20(12-18)31-23-10-11-29(15-17(23)3)22-13-24(30)28(4)21-9-8-19(14-26)27-25(21)22/h5-9,12-13,16-17,23H,10-11,15H2,1-4H3. The maximum Gasteiger partial charge on any atom is 0.252 e. The summed E-state index contributed by atoms with van der Waals surface area (Å²) in [6.45, 7) is 8.07. The van der Waals surface area contributed by atoms with E-state index in [1.165, 1.54) is 5.56 Å². The molecule has 0 bridgehead atoms. The van der Waals surface area contributed by atoms with Crippen LogP contribution in [0.4, 0.5) is 5.69 Å². The molecule has 1 saturated heterocycles. The fourth-order valence-electron chi connectivity index (χ4n) is 4.25. The first-order valence-electron chi connectivity index (χ1n) is 10.8. The van der Waals surface area contributed by atoms with Crippen LogP contribution in [0.5, 0.6) is 5.75 Å². The van der Waals surface area contributed by atoms with E-state index >= 15 is 0 Å². The fourth-order valence-corrected chi connectivity index (χ4v) is 4.25. The SMILES string of the molecule is CC(C)c1cccc(OC2CCN(c3cc(=O)n(C)c4ccc(C#N)nc34)CC2C)c1. The normalized spacial score (nSPS) is 18.9. The zero-order valence-electron chi connectivity index (χ0n) is 18.5. The number of pyridine rings is 2. The third-order valence-corrected chi connectivity index (χ3v) is 6.16. The summed E-state index contributed by atoms with van der Waals surface area (Å²) in [5.74, 6) is 1.65. The van der Waals surface area contributed by atoms with Crippen molar-refractivity contribution < 1.29 is 4.74 Å². The number of fused-ring (bicyclic) bond motifs is 1. The lowest BCUT2D eigenvalue weighted by Gasteiger charge is -2.38. The van der Waals surface area contributed by atoms with E-state index in [-0.39, 0.29) is 17.6 Å². The van der Waals surface area contributed by atoms with Crippen LogP contribution in [0.25, 0.3) is 11.0 Å². The zero-order valence-corrected chi connectivity index (χ0v) is 18.5. The second kappa shape index (κ2) is 8.43. The van der Waals surface area contributed by atoms with Gasteiger partial charge < -0.3 is 14.2 Å². The lowest BCUT2D eigenvalue weighted by molar-refractivity contribution is 0.121. The van der Waals surface area contributed by atoms with E-state index < -0.39 is 0 Å². The molecule has 3 aromatic rings. The third kappa shape index (κ3) is 4.13. The van der Waals surface area contributed by atoms with E-state index in [0.29, 0.717) is 17.1 Å². The van der Waals surface area contributed by atoms with Crippen molar-refractivity contribution in [1.29, 1.82) is 5.26 Å². The summed E-state index contributed by atoms with van der Waals surface area (Å²) < 4.78 is 7.94. The Morgan fingerprint density at radius 1 is 1.23 bits per heavy atom. The lowest BCUT2D eigenvalue weighted by Crippen LogP contribution is -2.45. The number of rotatable bonds is 4. The number of ether oxygens (including phenoxy) is 1. The molecule has 2 unspecified atom stereocenters. The molecule has 0 saturated carbocycles. The molecule has 2 atom stereocenters. The molecule has 0 spiro atoms. The maximum absolute atomic E-state index is 12.5. The van der Waals surface area contributed by atoms with E-state index in [4.69, 9.17) is 4.74 Å². The van der Waals surface area contributed by atoms with Crippen molar-refractivity contribution in [3.05, 3.63) is 64.1 Å². The van der Waals surface area contributed by atoms with Gasteiger partial charge >= 0.3 is 0 Å². The topological polar surface area (TPSA) is 71.2 Å². The molecular formula is C25H28N4O2. The summed E-state index contributed by atoms with van der Waals surface area (Å²) in [6.07, 6.45) is 0.959. The molecule has 1 aliphatic rings. The Labute approximate surface area is 182 Å². The third-order valence-electron chi connectivity index (χ3n) is 6.16. The van der Waals surface area contributed by atoms with Crippen molar-refractivity contribution in [2.24, 2.45) is 13.0 Å². The summed E-state index contributed by atoms with van der Waals surface area (Å²) in [6, 6.07) is 15.5. The number of nitrogens with zero attached hydrogens (tertiary/aromatic N) is 4. The molecule has 2 aromatic heterocycles. The average Bonchev–Trinajstić information content (AvgIpc) is 2.77. The molecule has 1 aromatic carbocycles. The lowest BCUT2D eigenvalue weighted by atomic mass is 9.95. The molecule has 31 heavy (non-hydrogen) atoms. The maximum atomic E-state index is 12.5. The van der Waals surface area contributed by atoms with E-state index in [0.717, 1.165) is 36.5 Å². The highest BCUT2D eigenvalue weighted by Crippen LogP contribution is 2.30. The predicted octanol–water partition coefficient (Wildman–Crippen LogP) is 4.22. The van der Waals surface area contributed by atoms with Gasteiger partial charge in [0, 0.05) is 38.5 Å². The molecule has 3 heterocycles. The predicted molar refractivity (Wildman–Crippen MR) is 123 cm³/mol. The van der Waals surface area contributed by atoms with Gasteiger partial charge in [-0.1, -0.05) is 32.9 Å². The molecule has 6 heteroatoms. The quantitative estimate of drug-likeness (QED) is 0.637. The molecule has 160 valence electrons. The number of aromatic nitrogens is 2. The smallest absolute Gasteiger partial charge is 0.252 e. The molecular weight excluding hydrogens is 388 g/mol. The Kier molecular flexibility index (Phi) is 5.69. The summed E-state index contributed by atoms with van der Waals surface area (Å²) in [5, 5.41) is 9.28. The average molecular weight is 417 g/mol. The van der Waals surface area contributed by atoms with Crippen LogP contribution in [-0.4, -0.2) is 28.7 Å². The minimum absolute atomic E-state index is 0.0782. The highest BCUT2D eigenvalue weighted by atomic mass is 16.5. The minimum atomic E-state index is -0.0782. The van der Waals surface area contributed by atoms with Gasteiger partial charge in [-0.25, -0.2) is 4.98 Å². The van der Waals surface area contributed by atoms with Crippen LogP contribution in [0.2, 0.25) is 0 Å². The van der Waals surface area contributed by atoms with Crippen LogP contribution in [0, 0.1) is 17.2 Å². The van der Waals surface area contributed by atoms with Crippen molar-refractivity contribution >= 4 is 16.7 Å². The van der Waals surface area contributed by atoms with Gasteiger partial charge in [-0.3, -0.25) is 4.79 Å². The Balaban J connectivity index is 1.59. The Morgan fingerprint density at radius 2 is 2.03 bits per heavy atom. The molecule has 0 amide bonds. The summed E-state index contributed by atoms with van der Waals surface area (Å²) >= 11 is 0. The van der Waals surface area contributed by atoms with Crippen LogP contribution >= 0.6 is 0 Å². The Morgan fingerprint density at radius 3 is 2.74 bits per heavy atom. The van der Waals surface area contributed by atoms with E-state index in [1.54, 1.807) is 29.8 Å². The summed E-state index contributed by atoms with van der Waals surface area (Å²) in [4.78, 5) is 19.3. The van der Waals surface area contributed by atoms with Gasteiger partial charge in [-0.2, -0.15) is 5.26 Å². The van der Waals surface area contributed by atoms with Crippen LogP contribution < -0.4 is 15.2 Å². The Bertz CT molecular complexity index is 1210. The number of anilines is 1. The molecule has 1 aliphatic heterocycles. The van der Waals surface area contributed by atoms with E-state index in [2.05, 4.69) is 54.9 Å². The highest BCUT2D eigenvalue weighted by molar-refractivity contribution is 5.88. The Hall–Kier alpha value is -3.33. The van der Waals surface area contributed by atoms with Crippen LogP contribution in [-0.2, 0) is 7.05 Å². The number of nitriles is 1. The monoisotopic (exact) mass is 416 g/mol. The van der Waals surface area contributed by atoms with Crippen molar-refractivity contribution in [2.45, 2.75) is 39.2 Å². The number of piperidine rings is 1. The van der Waals surface area contributed by atoms with Gasteiger partial charge in [0.25, 0.3) is 5.56 Å². The van der Waals surface area contributed by atoms with Crippen LogP contribution in [0.3, 0.4) is 0 Å². The summed E-state index contributed by atoms with van der Waals surface area (Å²) in [7, 11) is 1.73. The zero-order chi connectivity index (χ0) is 22.1.